The molecule has 1 saturated heterocycles. The minimum Gasteiger partial charge on any atom is -0.484 e. The van der Waals surface area contributed by atoms with Crippen molar-refractivity contribution in [3.8, 4) is 5.75 Å². The first-order valence-corrected chi connectivity index (χ1v) is 8.88. The second-order valence-corrected chi connectivity index (χ2v) is 6.82. The molecule has 0 radical (unpaired) electrons. The molecule has 1 aromatic heterocycles. The van der Waals surface area contributed by atoms with Gasteiger partial charge in [0, 0.05) is 22.4 Å². The fourth-order valence-corrected chi connectivity index (χ4v) is 3.07. The van der Waals surface area contributed by atoms with Crippen LogP contribution >= 0.6 is 15.9 Å². The predicted octanol–water partition coefficient (Wildman–Crippen LogP) is 1.15. The number of carbonyl (C=O) groups is 1. The lowest BCUT2D eigenvalue weighted by Gasteiger charge is -2.32. The molecule has 1 aliphatic rings. The quantitative estimate of drug-likeness (QED) is 0.832. The summed E-state index contributed by atoms with van der Waals surface area (Å²) in [6.07, 6.45) is 3.65. The van der Waals surface area contributed by atoms with Crippen LogP contribution in [0.5, 0.6) is 5.75 Å². The van der Waals surface area contributed by atoms with Gasteiger partial charge in [-0.2, -0.15) is 0 Å². The fourth-order valence-electron chi connectivity index (χ4n) is 2.81. The third-order valence-electron chi connectivity index (χ3n) is 4.20. The van der Waals surface area contributed by atoms with E-state index in [1.54, 1.807) is 0 Å². The van der Waals surface area contributed by atoms with Crippen molar-refractivity contribution in [1.29, 1.82) is 0 Å². The lowest BCUT2D eigenvalue weighted by atomic mass is 10.2. The molecular weight excluding hydrogens is 370 g/mol. The van der Waals surface area contributed by atoms with Crippen LogP contribution in [0.3, 0.4) is 0 Å². The summed E-state index contributed by atoms with van der Waals surface area (Å²) in [5.74, 6) is 0.773. The van der Waals surface area contributed by atoms with Crippen LogP contribution in [0, 0.1) is 0 Å². The molecule has 5 nitrogen and oxygen atoms in total. The van der Waals surface area contributed by atoms with Gasteiger partial charge in [0.05, 0.1) is 26.2 Å². The Bertz CT molecular complexity index is 656. The molecule has 126 valence electrons. The van der Waals surface area contributed by atoms with Gasteiger partial charge in [-0.3, -0.25) is 9.78 Å². The molecule has 0 aliphatic carbocycles. The molecule has 1 N–H and O–H groups in total. The third-order valence-corrected chi connectivity index (χ3v) is 4.73. The van der Waals surface area contributed by atoms with E-state index in [2.05, 4.69) is 33.0 Å². The zero-order valence-corrected chi connectivity index (χ0v) is 15.0. The number of quaternary nitrogens is 1. The summed E-state index contributed by atoms with van der Waals surface area (Å²) in [5, 5.41) is 0. The van der Waals surface area contributed by atoms with Crippen LogP contribution < -0.4 is 9.64 Å². The van der Waals surface area contributed by atoms with Gasteiger partial charge in [-0.05, 0) is 36.4 Å². The van der Waals surface area contributed by atoms with Crippen molar-refractivity contribution in [2.24, 2.45) is 0 Å². The SMILES string of the molecule is O=C(COc1ccc(Br)cc1)N1CC[NH+](Cc2ccncc2)CC1. The number of amides is 1. The van der Waals surface area contributed by atoms with Gasteiger partial charge in [0.15, 0.2) is 6.61 Å². The van der Waals surface area contributed by atoms with Crippen molar-refractivity contribution in [3.63, 3.8) is 0 Å². The molecule has 1 amide bonds. The van der Waals surface area contributed by atoms with E-state index in [0.29, 0.717) is 5.75 Å². The number of pyridine rings is 1. The molecular formula is C18H21BrN3O2+. The smallest absolute Gasteiger partial charge is 0.260 e. The van der Waals surface area contributed by atoms with Crippen LogP contribution in [-0.4, -0.2) is 48.6 Å². The van der Waals surface area contributed by atoms with Crippen molar-refractivity contribution in [2.45, 2.75) is 6.54 Å². The van der Waals surface area contributed by atoms with Gasteiger partial charge in [-0.1, -0.05) is 15.9 Å². The molecule has 2 heterocycles. The molecule has 0 atom stereocenters. The van der Waals surface area contributed by atoms with E-state index in [9.17, 15) is 4.79 Å². The third kappa shape index (κ3) is 4.79. The lowest BCUT2D eigenvalue weighted by molar-refractivity contribution is -0.917. The molecule has 0 bridgehead atoms. The lowest BCUT2D eigenvalue weighted by Crippen LogP contribution is -3.13. The number of ether oxygens (including phenoxy) is 1. The van der Waals surface area contributed by atoms with Crippen LogP contribution in [0.2, 0.25) is 0 Å². The van der Waals surface area contributed by atoms with Gasteiger partial charge in [0.25, 0.3) is 5.91 Å². The molecule has 3 rings (SSSR count). The van der Waals surface area contributed by atoms with Gasteiger partial charge in [0.2, 0.25) is 0 Å². The monoisotopic (exact) mass is 390 g/mol. The van der Waals surface area contributed by atoms with E-state index < -0.39 is 0 Å². The molecule has 0 spiro atoms. The zero-order chi connectivity index (χ0) is 16.8. The number of nitrogens with one attached hydrogen (secondary N) is 1. The van der Waals surface area contributed by atoms with Gasteiger partial charge in [-0.25, -0.2) is 0 Å². The molecule has 1 aromatic carbocycles. The summed E-state index contributed by atoms with van der Waals surface area (Å²) in [4.78, 5) is 19.7. The molecule has 0 saturated carbocycles. The van der Waals surface area contributed by atoms with Crippen molar-refractivity contribution in [1.82, 2.24) is 9.88 Å². The van der Waals surface area contributed by atoms with Crippen molar-refractivity contribution >= 4 is 21.8 Å². The highest BCUT2D eigenvalue weighted by Gasteiger charge is 2.23. The first-order valence-electron chi connectivity index (χ1n) is 8.09. The zero-order valence-electron chi connectivity index (χ0n) is 13.5. The Morgan fingerprint density at radius 3 is 2.46 bits per heavy atom. The maximum Gasteiger partial charge on any atom is 0.260 e. The molecule has 24 heavy (non-hydrogen) atoms. The Morgan fingerprint density at radius 1 is 1.12 bits per heavy atom. The molecule has 2 aromatic rings. The van der Waals surface area contributed by atoms with Crippen LogP contribution in [0.15, 0.2) is 53.3 Å². The molecule has 1 aliphatic heterocycles. The summed E-state index contributed by atoms with van der Waals surface area (Å²) in [6.45, 7) is 4.58. The average Bonchev–Trinajstić information content (AvgIpc) is 2.62. The van der Waals surface area contributed by atoms with Gasteiger partial charge >= 0.3 is 0 Å². The van der Waals surface area contributed by atoms with Crippen molar-refractivity contribution < 1.29 is 14.4 Å². The highest BCUT2D eigenvalue weighted by atomic mass is 79.9. The van der Waals surface area contributed by atoms with Crippen molar-refractivity contribution in [2.75, 3.05) is 32.8 Å². The number of nitrogens with zero attached hydrogens (tertiary/aromatic N) is 2. The molecule has 0 unspecified atom stereocenters. The predicted molar refractivity (Wildman–Crippen MR) is 94.9 cm³/mol. The summed E-state index contributed by atoms with van der Waals surface area (Å²) >= 11 is 3.38. The molecule has 6 heteroatoms. The summed E-state index contributed by atoms with van der Waals surface area (Å²) in [6, 6.07) is 11.6. The highest BCUT2D eigenvalue weighted by molar-refractivity contribution is 9.10. The highest BCUT2D eigenvalue weighted by Crippen LogP contribution is 2.16. The number of halogens is 1. The Labute approximate surface area is 150 Å². The first-order chi connectivity index (χ1) is 11.7. The van der Waals surface area contributed by atoms with E-state index in [1.165, 1.54) is 10.5 Å². The minimum absolute atomic E-state index is 0.0564. The van der Waals surface area contributed by atoms with E-state index in [0.717, 1.165) is 37.2 Å². The van der Waals surface area contributed by atoms with Crippen molar-refractivity contribution in [3.05, 3.63) is 58.8 Å². The normalized spacial score (nSPS) is 15.3. The number of hydrogen-bond acceptors (Lipinski definition) is 3. The number of aromatic nitrogens is 1. The standard InChI is InChI=1S/C18H20BrN3O2/c19-16-1-3-17(4-2-16)24-14-18(23)22-11-9-21(10-12-22)13-15-5-7-20-8-6-15/h1-8H,9-14H2/p+1. The largest absolute Gasteiger partial charge is 0.484 e. The minimum atomic E-state index is 0.0564. The number of carbonyl (C=O) groups excluding carboxylic acids is 1. The number of rotatable bonds is 5. The second-order valence-electron chi connectivity index (χ2n) is 5.91. The molecule has 1 fully saturated rings. The Morgan fingerprint density at radius 2 is 1.79 bits per heavy atom. The van der Waals surface area contributed by atoms with Crippen LogP contribution in [0.1, 0.15) is 5.56 Å². The van der Waals surface area contributed by atoms with Crippen LogP contribution in [0.25, 0.3) is 0 Å². The van der Waals surface area contributed by atoms with Crippen LogP contribution in [-0.2, 0) is 11.3 Å². The maximum absolute atomic E-state index is 12.3. The Hall–Kier alpha value is -1.92. The summed E-state index contributed by atoms with van der Waals surface area (Å²) in [5.41, 5.74) is 1.29. The second kappa shape index (κ2) is 8.26. The van der Waals surface area contributed by atoms with E-state index >= 15 is 0 Å². The van der Waals surface area contributed by atoms with Gasteiger partial charge < -0.3 is 14.5 Å². The number of benzene rings is 1. The Balaban J connectivity index is 1.42. The topological polar surface area (TPSA) is 46.9 Å². The van der Waals surface area contributed by atoms with E-state index in [-0.39, 0.29) is 12.5 Å². The average molecular weight is 391 g/mol. The summed E-state index contributed by atoms with van der Waals surface area (Å²) < 4.78 is 6.57. The number of hydrogen-bond donors (Lipinski definition) is 1. The van der Waals surface area contributed by atoms with Gasteiger partial charge in [-0.15, -0.1) is 0 Å². The van der Waals surface area contributed by atoms with E-state index in [4.69, 9.17) is 4.74 Å². The number of piperazine rings is 1. The van der Waals surface area contributed by atoms with Crippen LogP contribution in [0.4, 0.5) is 0 Å². The fraction of sp³-hybridized carbons (Fsp3) is 0.333. The van der Waals surface area contributed by atoms with E-state index in [1.807, 2.05) is 41.6 Å². The Kier molecular flexibility index (Phi) is 5.82. The maximum atomic E-state index is 12.3. The summed E-state index contributed by atoms with van der Waals surface area (Å²) in [7, 11) is 0. The van der Waals surface area contributed by atoms with Gasteiger partial charge in [0.1, 0.15) is 12.3 Å². The first kappa shape index (κ1) is 16.9.